The van der Waals surface area contributed by atoms with E-state index in [2.05, 4.69) is 37.5 Å². The predicted octanol–water partition coefficient (Wildman–Crippen LogP) is 4.23. The molecule has 0 bridgehead atoms. The smallest absolute Gasteiger partial charge is 0.0453 e. The Morgan fingerprint density at radius 3 is 2.24 bits per heavy atom. The number of aryl methyl sites for hydroxylation is 2. The minimum absolute atomic E-state index is 0.130. The maximum atomic E-state index is 6.23. The molecule has 2 rings (SSSR count). The first-order chi connectivity index (χ1) is 9.97. The second-order valence-corrected chi connectivity index (χ2v) is 6.35. The van der Waals surface area contributed by atoms with E-state index in [1.807, 2.05) is 12.1 Å². The largest absolute Gasteiger partial charge is 0.271 e. The summed E-state index contributed by atoms with van der Waals surface area (Å²) in [6.45, 7) is 4.22. The Morgan fingerprint density at radius 1 is 1.00 bits per heavy atom. The first kappa shape index (κ1) is 16.3. The van der Waals surface area contributed by atoms with Gasteiger partial charge in [-0.05, 0) is 49.9 Å². The number of hydrogen-bond donors (Lipinski definition) is 2. The molecule has 0 aliphatic carbocycles. The molecule has 0 spiro atoms. The molecular weight excluding hydrogens is 303 g/mol. The zero-order valence-corrected chi connectivity index (χ0v) is 13.8. The highest BCUT2D eigenvalue weighted by Gasteiger charge is 2.12. The Bertz CT molecular complexity index is 606. The third kappa shape index (κ3) is 4.72. The summed E-state index contributed by atoms with van der Waals surface area (Å²) in [5.74, 6) is 5.71. The normalized spacial score (nSPS) is 12.4. The van der Waals surface area contributed by atoms with Gasteiger partial charge in [-0.15, -0.1) is 0 Å². The molecule has 0 aromatic heterocycles. The lowest BCUT2D eigenvalue weighted by atomic mass is 9.97. The highest BCUT2D eigenvalue weighted by molar-refractivity contribution is 6.35. The average molecular weight is 323 g/mol. The molecular formula is C17H20Cl2N2. The third-order valence-electron chi connectivity index (χ3n) is 3.48. The summed E-state index contributed by atoms with van der Waals surface area (Å²) in [5, 5.41) is 1.33. The van der Waals surface area contributed by atoms with E-state index in [1.54, 1.807) is 6.07 Å². The molecule has 0 fully saturated rings. The summed E-state index contributed by atoms with van der Waals surface area (Å²) in [5.41, 5.74) is 7.75. The lowest BCUT2D eigenvalue weighted by Gasteiger charge is -2.17. The number of rotatable bonds is 5. The van der Waals surface area contributed by atoms with Gasteiger partial charge in [-0.25, -0.2) is 0 Å². The van der Waals surface area contributed by atoms with Crippen molar-refractivity contribution in [2.45, 2.75) is 32.7 Å². The first-order valence-corrected chi connectivity index (χ1v) is 7.70. The van der Waals surface area contributed by atoms with Crippen molar-refractivity contribution in [1.82, 2.24) is 5.43 Å². The van der Waals surface area contributed by atoms with E-state index in [0.717, 1.165) is 18.4 Å². The molecule has 112 valence electrons. The first-order valence-electron chi connectivity index (χ1n) is 6.95. The molecule has 4 heteroatoms. The second-order valence-electron chi connectivity index (χ2n) is 5.50. The van der Waals surface area contributed by atoms with E-state index >= 15 is 0 Å². The average Bonchev–Trinajstić information content (AvgIpc) is 2.39. The van der Waals surface area contributed by atoms with E-state index in [9.17, 15) is 0 Å². The Labute approximate surface area is 136 Å². The number of halogens is 2. The highest BCUT2D eigenvalue weighted by Crippen LogP contribution is 2.23. The van der Waals surface area contributed by atoms with Crippen molar-refractivity contribution in [3.05, 3.63) is 68.7 Å². The molecule has 0 radical (unpaired) electrons. The number of nitrogens with one attached hydrogen (secondary N) is 1. The summed E-state index contributed by atoms with van der Waals surface area (Å²) in [4.78, 5) is 0. The fourth-order valence-electron chi connectivity index (χ4n) is 2.61. The lowest BCUT2D eigenvalue weighted by molar-refractivity contribution is 0.522. The molecule has 0 saturated carbocycles. The topological polar surface area (TPSA) is 38.0 Å². The van der Waals surface area contributed by atoms with Gasteiger partial charge < -0.3 is 0 Å². The summed E-state index contributed by atoms with van der Waals surface area (Å²) in [6, 6.07) is 12.3. The molecule has 1 unspecified atom stereocenters. The van der Waals surface area contributed by atoms with Crippen LogP contribution in [0.25, 0.3) is 0 Å². The van der Waals surface area contributed by atoms with Crippen LogP contribution in [0.2, 0.25) is 10.0 Å². The fraction of sp³-hybridized carbons (Fsp3) is 0.294. The van der Waals surface area contributed by atoms with Crippen molar-refractivity contribution in [2.24, 2.45) is 5.84 Å². The molecule has 0 aliphatic rings. The summed E-state index contributed by atoms with van der Waals surface area (Å²) < 4.78 is 0. The molecule has 2 nitrogen and oxygen atoms in total. The van der Waals surface area contributed by atoms with E-state index < -0.39 is 0 Å². The second kappa shape index (κ2) is 7.28. The Balaban J connectivity index is 2.12. The fourth-order valence-corrected chi connectivity index (χ4v) is 3.10. The van der Waals surface area contributed by atoms with Gasteiger partial charge in [0, 0.05) is 16.1 Å². The van der Waals surface area contributed by atoms with E-state index in [-0.39, 0.29) is 6.04 Å². The van der Waals surface area contributed by atoms with Crippen LogP contribution in [0.4, 0.5) is 0 Å². The van der Waals surface area contributed by atoms with Gasteiger partial charge in [0.2, 0.25) is 0 Å². The van der Waals surface area contributed by atoms with Gasteiger partial charge in [-0.2, -0.15) is 0 Å². The summed E-state index contributed by atoms with van der Waals surface area (Å²) in [6.07, 6.45) is 1.62. The monoisotopic (exact) mass is 322 g/mol. The number of benzene rings is 2. The van der Waals surface area contributed by atoms with Crippen LogP contribution < -0.4 is 11.3 Å². The zero-order valence-electron chi connectivity index (χ0n) is 12.3. The molecule has 21 heavy (non-hydrogen) atoms. The summed E-state index contributed by atoms with van der Waals surface area (Å²) in [7, 11) is 0. The quantitative estimate of drug-likeness (QED) is 0.638. The van der Waals surface area contributed by atoms with Gasteiger partial charge in [0.05, 0.1) is 0 Å². The molecule has 2 aromatic rings. The Hall–Kier alpha value is -1.06. The number of hydrogen-bond acceptors (Lipinski definition) is 2. The van der Waals surface area contributed by atoms with Crippen LogP contribution in [0, 0.1) is 13.8 Å². The van der Waals surface area contributed by atoms with E-state index in [0.29, 0.717) is 10.0 Å². The lowest BCUT2D eigenvalue weighted by Crippen LogP contribution is -2.38. The van der Waals surface area contributed by atoms with Crippen LogP contribution in [0.3, 0.4) is 0 Å². The van der Waals surface area contributed by atoms with Crippen LogP contribution >= 0.6 is 23.2 Å². The van der Waals surface area contributed by atoms with E-state index in [4.69, 9.17) is 29.0 Å². The van der Waals surface area contributed by atoms with Gasteiger partial charge >= 0.3 is 0 Å². The number of hydrazine groups is 1. The van der Waals surface area contributed by atoms with Crippen molar-refractivity contribution in [3.8, 4) is 0 Å². The van der Waals surface area contributed by atoms with Gasteiger partial charge in [0.15, 0.2) is 0 Å². The SMILES string of the molecule is Cc1cc(C)cc(CC(Cc2ccc(Cl)cc2Cl)NN)c1. The zero-order chi connectivity index (χ0) is 15.4. The van der Waals surface area contributed by atoms with Crippen molar-refractivity contribution in [2.75, 3.05) is 0 Å². The van der Waals surface area contributed by atoms with Gasteiger partial charge in [0.25, 0.3) is 0 Å². The van der Waals surface area contributed by atoms with Gasteiger partial charge in [-0.1, -0.05) is 58.6 Å². The van der Waals surface area contributed by atoms with Crippen LogP contribution in [0.1, 0.15) is 22.3 Å². The summed E-state index contributed by atoms with van der Waals surface area (Å²) >= 11 is 12.2. The number of nitrogens with two attached hydrogens (primary N) is 1. The molecule has 0 heterocycles. The minimum atomic E-state index is 0.130. The molecule has 0 amide bonds. The molecule has 0 saturated heterocycles. The predicted molar refractivity (Wildman–Crippen MR) is 90.9 cm³/mol. The Morgan fingerprint density at radius 2 is 1.67 bits per heavy atom. The van der Waals surface area contributed by atoms with Crippen molar-refractivity contribution >= 4 is 23.2 Å². The maximum Gasteiger partial charge on any atom is 0.0453 e. The van der Waals surface area contributed by atoms with Gasteiger partial charge in [0.1, 0.15) is 0 Å². The molecule has 1 atom stereocenters. The Kier molecular flexibility index (Phi) is 5.65. The van der Waals surface area contributed by atoms with Crippen molar-refractivity contribution < 1.29 is 0 Å². The standard InChI is InChI=1S/C17H20Cl2N2/c1-11-5-12(2)7-13(6-11)8-16(21-20)9-14-3-4-15(18)10-17(14)19/h3-7,10,16,21H,8-9,20H2,1-2H3. The van der Waals surface area contributed by atoms with Crippen molar-refractivity contribution in [1.29, 1.82) is 0 Å². The van der Waals surface area contributed by atoms with Crippen LogP contribution in [0.15, 0.2) is 36.4 Å². The van der Waals surface area contributed by atoms with Gasteiger partial charge in [-0.3, -0.25) is 11.3 Å². The third-order valence-corrected chi connectivity index (χ3v) is 4.07. The molecule has 2 aromatic carbocycles. The maximum absolute atomic E-state index is 6.23. The minimum Gasteiger partial charge on any atom is -0.271 e. The van der Waals surface area contributed by atoms with Crippen LogP contribution in [0.5, 0.6) is 0 Å². The van der Waals surface area contributed by atoms with E-state index in [1.165, 1.54) is 16.7 Å². The van der Waals surface area contributed by atoms with Crippen LogP contribution in [-0.2, 0) is 12.8 Å². The molecule has 3 N–H and O–H groups in total. The van der Waals surface area contributed by atoms with Crippen LogP contribution in [-0.4, -0.2) is 6.04 Å². The van der Waals surface area contributed by atoms with Crippen molar-refractivity contribution in [3.63, 3.8) is 0 Å². The highest BCUT2D eigenvalue weighted by atomic mass is 35.5. The molecule has 0 aliphatic heterocycles.